The highest BCUT2D eigenvalue weighted by atomic mass is 16.1. The zero-order valence-electron chi connectivity index (χ0n) is 10.2. The van der Waals surface area contributed by atoms with Crippen LogP contribution < -0.4 is 11.1 Å². The van der Waals surface area contributed by atoms with E-state index in [1.165, 1.54) is 12.8 Å². The molecule has 0 radical (unpaired) electrons. The maximum Gasteiger partial charge on any atom is 0.220 e. The molecule has 16 heavy (non-hydrogen) atoms. The molecule has 2 saturated carbocycles. The fourth-order valence-corrected chi connectivity index (χ4v) is 3.42. The number of amides is 1. The number of rotatable bonds is 4. The number of hydrogen-bond acceptors (Lipinski definition) is 2. The van der Waals surface area contributed by atoms with Crippen molar-refractivity contribution in [2.45, 2.75) is 64.0 Å². The number of hydrogen-bond donors (Lipinski definition) is 2. The van der Waals surface area contributed by atoms with Crippen molar-refractivity contribution in [3.63, 3.8) is 0 Å². The minimum Gasteiger partial charge on any atom is -0.353 e. The first kappa shape index (κ1) is 11.9. The van der Waals surface area contributed by atoms with Gasteiger partial charge in [-0.1, -0.05) is 13.3 Å². The molecule has 1 amide bonds. The third-order valence-corrected chi connectivity index (χ3v) is 4.17. The minimum atomic E-state index is 0.246. The monoisotopic (exact) mass is 224 g/mol. The fourth-order valence-electron chi connectivity index (χ4n) is 3.42. The number of carbonyl (C=O) groups excluding carboxylic acids is 1. The Morgan fingerprint density at radius 2 is 1.88 bits per heavy atom. The summed E-state index contributed by atoms with van der Waals surface area (Å²) in [6.07, 6.45) is 7.47. The second-order valence-electron chi connectivity index (χ2n) is 5.59. The summed E-state index contributed by atoms with van der Waals surface area (Å²) in [7, 11) is 0. The molecule has 0 aliphatic heterocycles. The lowest BCUT2D eigenvalue weighted by molar-refractivity contribution is -0.121. The van der Waals surface area contributed by atoms with Gasteiger partial charge in [0.15, 0.2) is 0 Å². The number of fused-ring (bicyclic) bond motifs is 1. The summed E-state index contributed by atoms with van der Waals surface area (Å²) in [5, 5.41) is 3.18. The van der Waals surface area contributed by atoms with Gasteiger partial charge in [-0.2, -0.15) is 0 Å². The highest BCUT2D eigenvalue weighted by Crippen LogP contribution is 2.43. The Kier molecular flexibility index (Phi) is 3.85. The zero-order valence-corrected chi connectivity index (χ0v) is 10.2. The largest absolute Gasteiger partial charge is 0.353 e. The SMILES string of the molecule is CCCCC(=O)NC1CC2CC(N)CC2C1. The molecule has 2 atom stereocenters. The molecule has 2 aliphatic rings. The van der Waals surface area contributed by atoms with Crippen LogP contribution in [-0.4, -0.2) is 18.0 Å². The summed E-state index contributed by atoms with van der Waals surface area (Å²) in [6.45, 7) is 2.12. The Balaban J connectivity index is 1.72. The molecule has 2 fully saturated rings. The Bertz CT molecular complexity index is 240. The van der Waals surface area contributed by atoms with Crippen molar-refractivity contribution >= 4 is 5.91 Å². The van der Waals surface area contributed by atoms with Crippen molar-refractivity contribution < 1.29 is 4.79 Å². The molecule has 3 nitrogen and oxygen atoms in total. The zero-order chi connectivity index (χ0) is 11.5. The molecule has 2 aliphatic carbocycles. The topological polar surface area (TPSA) is 55.1 Å². The van der Waals surface area contributed by atoms with Crippen LogP contribution in [0.4, 0.5) is 0 Å². The minimum absolute atomic E-state index is 0.246. The van der Waals surface area contributed by atoms with E-state index in [9.17, 15) is 4.79 Å². The first-order valence-electron chi connectivity index (χ1n) is 6.74. The Hall–Kier alpha value is -0.570. The van der Waals surface area contributed by atoms with Crippen LogP contribution in [0.5, 0.6) is 0 Å². The summed E-state index contributed by atoms with van der Waals surface area (Å²) in [5.41, 5.74) is 5.95. The lowest BCUT2D eigenvalue weighted by Gasteiger charge is -2.14. The molecule has 92 valence electrons. The van der Waals surface area contributed by atoms with Crippen molar-refractivity contribution in [3.05, 3.63) is 0 Å². The van der Waals surface area contributed by atoms with Gasteiger partial charge in [-0.3, -0.25) is 4.79 Å². The molecule has 0 spiro atoms. The van der Waals surface area contributed by atoms with Gasteiger partial charge in [0.2, 0.25) is 5.91 Å². The van der Waals surface area contributed by atoms with Gasteiger partial charge in [0.05, 0.1) is 0 Å². The molecule has 0 aromatic rings. The van der Waals surface area contributed by atoms with Crippen molar-refractivity contribution in [2.75, 3.05) is 0 Å². The van der Waals surface area contributed by atoms with Crippen LogP contribution in [0.3, 0.4) is 0 Å². The molecule has 0 saturated heterocycles. The molecule has 0 bridgehead atoms. The molecule has 2 rings (SSSR count). The van der Waals surface area contributed by atoms with Crippen LogP contribution in [0.25, 0.3) is 0 Å². The van der Waals surface area contributed by atoms with Gasteiger partial charge in [-0.05, 0) is 43.9 Å². The van der Waals surface area contributed by atoms with E-state index in [2.05, 4.69) is 12.2 Å². The Morgan fingerprint density at radius 3 is 2.44 bits per heavy atom. The Morgan fingerprint density at radius 1 is 1.25 bits per heavy atom. The number of nitrogens with one attached hydrogen (secondary N) is 1. The average molecular weight is 224 g/mol. The second-order valence-corrected chi connectivity index (χ2v) is 5.59. The van der Waals surface area contributed by atoms with Crippen LogP contribution >= 0.6 is 0 Å². The molecule has 3 heteroatoms. The smallest absolute Gasteiger partial charge is 0.220 e. The summed E-state index contributed by atoms with van der Waals surface area (Å²) >= 11 is 0. The van der Waals surface area contributed by atoms with Crippen LogP contribution in [0.2, 0.25) is 0 Å². The normalized spacial score (nSPS) is 37.4. The predicted octanol–water partition coefficient (Wildman–Crippen LogP) is 1.81. The van der Waals surface area contributed by atoms with E-state index < -0.39 is 0 Å². The van der Waals surface area contributed by atoms with E-state index in [4.69, 9.17) is 5.73 Å². The summed E-state index contributed by atoms with van der Waals surface area (Å²) in [4.78, 5) is 11.6. The lowest BCUT2D eigenvalue weighted by atomic mass is 10.0. The van der Waals surface area contributed by atoms with Gasteiger partial charge in [-0.25, -0.2) is 0 Å². The number of carbonyl (C=O) groups is 1. The van der Waals surface area contributed by atoms with Crippen molar-refractivity contribution in [1.82, 2.24) is 5.32 Å². The summed E-state index contributed by atoms with van der Waals surface area (Å²) in [6, 6.07) is 0.860. The molecule has 0 aromatic carbocycles. The maximum absolute atomic E-state index is 11.6. The summed E-state index contributed by atoms with van der Waals surface area (Å²) < 4.78 is 0. The maximum atomic E-state index is 11.6. The molecular weight excluding hydrogens is 200 g/mol. The highest BCUT2D eigenvalue weighted by molar-refractivity contribution is 5.76. The second kappa shape index (κ2) is 5.17. The fraction of sp³-hybridized carbons (Fsp3) is 0.923. The standard InChI is InChI=1S/C13H24N2O/c1-2-3-4-13(16)15-12-7-9-5-11(14)6-10(9)8-12/h9-12H,2-8,14H2,1H3,(H,15,16). The van der Waals surface area contributed by atoms with Crippen molar-refractivity contribution in [2.24, 2.45) is 17.6 Å². The van der Waals surface area contributed by atoms with Crippen LogP contribution in [0.1, 0.15) is 51.9 Å². The van der Waals surface area contributed by atoms with Crippen molar-refractivity contribution in [1.29, 1.82) is 0 Å². The average Bonchev–Trinajstić information content (AvgIpc) is 2.71. The van der Waals surface area contributed by atoms with Gasteiger partial charge in [-0.15, -0.1) is 0 Å². The van der Waals surface area contributed by atoms with E-state index in [0.717, 1.165) is 37.5 Å². The highest BCUT2D eigenvalue weighted by Gasteiger charge is 2.40. The first-order chi connectivity index (χ1) is 7.69. The molecular formula is C13H24N2O. The third kappa shape index (κ3) is 2.76. The lowest BCUT2D eigenvalue weighted by Crippen LogP contribution is -2.33. The van der Waals surface area contributed by atoms with Gasteiger partial charge in [0.25, 0.3) is 0 Å². The molecule has 2 unspecified atom stereocenters. The van der Waals surface area contributed by atoms with Gasteiger partial charge >= 0.3 is 0 Å². The third-order valence-electron chi connectivity index (χ3n) is 4.17. The molecule has 0 aromatic heterocycles. The predicted molar refractivity (Wildman–Crippen MR) is 64.9 cm³/mol. The number of nitrogens with two attached hydrogens (primary N) is 1. The summed E-state index contributed by atoms with van der Waals surface area (Å²) in [5.74, 6) is 1.81. The quantitative estimate of drug-likeness (QED) is 0.765. The van der Waals surface area contributed by atoms with Gasteiger partial charge < -0.3 is 11.1 Å². The van der Waals surface area contributed by atoms with E-state index in [1.54, 1.807) is 0 Å². The Labute approximate surface area is 98.2 Å². The first-order valence-corrected chi connectivity index (χ1v) is 6.74. The van der Waals surface area contributed by atoms with Crippen LogP contribution in [0.15, 0.2) is 0 Å². The van der Waals surface area contributed by atoms with Crippen molar-refractivity contribution in [3.8, 4) is 0 Å². The van der Waals surface area contributed by atoms with E-state index in [1.807, 2.05) is 0 Å². The van der Waals surface area contributed by atoms with E-state index in [0.29, 0.717) is 18.5 Å². The molecule has 0 heterocycles. The van der Waals surface area contributed by atoms with E-state index >= 15 is 0 Å². The van der Waals surface area contributed by atoms with E-state index in [-0.39, 0.29) is 5.91 Å². The van der Waals surface area contributed by atoms with Gasteiger partial charge in [0.1, 0.15) is 0 Å². The van der Waals surface area contributed by atoms with Crippen LogP contribution in [-0.2, 0) is 4.79 Å². The molecule has 3 N–H and O–H groups in total. The number of unbranched alkanes of at least 4 members (excludes halogenated alkanes) is 1. The van der Waals surface area contributed by atoms with Crippen LogP contribution in [0, 0.1) is 11.8 Å². The van der Waals surface area contributed by atoms with Gasteiger partial charge in [0, 0.05) is 18.5 Å².